The van der Waals surface area contributed by atoms with Crippen LogP contribution >= 0.6 is 0 Å². The summed E-state index contributed by atoms with van der Waals surface area (Å²) in [5.74, 6) is 0.121. The number of nitrogens with zero attached hydrogens (tertiary/aromatic N) is 1. The molecular formula is C30H35NO2. The van der Waals surface area contributed by atoms with Crippen molar-refractivity contribution in [2.75, 3.05) is 6.61 Å². The molecule has 2 aromatic rings. The van der Waals surface area contributed by atoms with Gasteiger partial charge in [0.15, 0.2) is 0 Å². The summed E-state index contributed by atoms with van der Waals surface area (Å²) in [4.78, 5) is 15.2. The highest BCUT2D eigenvalue weighted by molar-refractivity contribution is 5.79. The molecule has 1 aliphatic carbocycles. The monoisotopic (exact) mass is 441 g/mol. The number of allylic oxidation sites excluding steroid dienone is 1. The average Bonchev–Trinajstić information content (AvgIpc) is 3.31. The molecule has 172 valence electrons. The van der Waals surface area contributed by atoms with Crippen LogP contribution in [0.25, 0.3) is 11.1 Å². The standard InChI is InChI=1S/C30H35NO2/c1-2-3-4-5-6-7-12-22-19-23-17-18-24(20-22)31(23)30(32)33-21-29-27-15-10-8-13-25(27)26-14-9-11-16-28(26)29/h2,8-11,13-16,19,23-24,29H,1,3-7,12,17-18,20-21H2. The van der Waals surface area contributed by atoms with Gasteiger partial charge in [0, 0.05) is 12.0 Å². The summed E-state index contributed by atoms with van der Waals surface area (Å²) in [6, 6.07) is 17.5. The van der Waals surface area contributed by atoms with E-state index in [9.17, 15) is 4.79 Å². The van der Waals surface area contributed by atoms with Crippen LogP contribution in [-0.4, -0.2) is 29.7 Å². The van der Waals surface area contributed by atoms with Crippen LogP contribution < -0.4 is 0 Å². The molecule has 2 aliphatic heterocycles. The van der Waals surface area contributed by atoms with Crippen LogP contribution in [0.2, 0.25) is 0 Å². The highest BCUT2D eigenvalue weighted by atomic mass is 16.6. The molecule has 3 aliphatic rings. The van der Waals surface area contributed by atoms with Crippen LogP contribution in [0.4, 0.5) is 4.79 Å². The number of hydrogen-bond acceptors (Lipinski definition) is 2. The Kier molecular flexibility index (Phi) is 6.66. The Labute approximate surface area is 198 Å². The molecule has 0 saturated carbocycles. The molecule has 2 heterocycles. The van der Waals surface area contributed by atoms with E-state index in [-0.39, 0.29) is 18.1 Å². The van der Waals surface area contributed by atoms with Crippen molar-refractivity contribution in [1.82, 2.24) is 4.90 Å². The maximum atomic E-state index is 13.2. The zero-order valence-corrected chi connectivity index (χ0v) is 19.5. The molecule has 1 fully saturated rings. The highest BCUT2D eigenvalue weighted by Crippen LogP contribution is 2.45. The largest absolute Gasteiger partial charge is 0.448 e. The highest BCUT2D eigenvalue weighted by Gasteiger charge is 2.40. The van der Waals surface area contributed by atoms with Crippen molar-refractivity contribution in [1.29, 1.82) is 0 Å². The van der Waals surface area contributed by atoms with Crippen LogP contribution in [0.3, 0.4) is 0 Å². The Morgan fingerprint density at radius 2 is 1.67 bits per heavy atom. The first-order valence-corrected chi connectivity index (χ1v) is 12.7. The molecule has 3 heteroatoms. The molecule has 2 aromatic carbocycles. The summed E-state index contributed by atoms with van der Waals surface area (Å²) in [5, 5.41) is 0. The fraction of sp³-hybridized carbons (Fsp3) is 0.433. The Bertz CT molecular complexity index is 994. The van der Waals surface area contributed by atoms with Crippen LogP contribution in [0.5, 0.6) is 0 Å². The fourth-order valence-electron chi connectivity index (χ4n) is 6.05. The predicted octanol–water partition coefficient (Wildman–Crippen LogP) is 7.63. The van der Waals surface area contributed by atoms with Gasteiger partial charge in [0.05, 0.1) is 6.04 Å². The van der Waals surface area contributed by atoms with Crippen LogP contribution in [0.15, 0.2) is 72.8 Å². The summed E-state index contributed by atoms with van der Waals surface area (Å²) >= 11 is 0. The van der Waals surface area contributed by atoms with Gasteiger partial charge >= 0.3 is 6.09 Å². The lowest BCUT2D eigenvalue weighted by Gasteiger charge is -2.33. The topological polar surface area (TPSA) is 29.5 Å². The third kappa shape index (κ3) is 4.51. The fourth-order valence-corrected chi connectivity index (χ4v) is 6.05. The second-order valence-electron chi connectivity index (χ2n) is 9.78. The molecular weight excluding hydrogens is 406 g/mol. The van der Waals surface area contributed by atoms with Crippen molar-refractivity contribution in [2.45, 2.75) is 75.8 Å². The zero-order valence-electron chi connectivity index (χ0n) is 19.5. The van der Waals surface area contributed by atoms with Gasteiger partial charge in [-0.15, -0.1) is 6.58 Å². The van der Waals surface area contributed by atoms with Gasteiger partial charge in [-0.25, -0.2) is 4.79 Å². The normalized spacial score (nSPS) is 20.8. The van der Waals surface area contributed by atoms with Gasteiger partial charge < -0.3 is 4.74 Å². The van der Waals surface area contributed by atoms with Gasteiger partial charge in [0.25, 0.3) is 0 Å². The van der Waals surface area contributed by atoms with Gasteiger partial charge in [0.2, 0.25) is 0 Å². The Hall–Kier alpha value is -2.81. The van der Waals surface area contributed by atoms with E-state index in [1.165, 1.54) is 54.4 Å². The molecule has 2 bridgehead atoms. The van der Waals surface area contributed by atoms with Gasteiger partial charge in [-0.2, -0.15) is 0 Å². The van der Waals surface area contributed by atoms with Crippen LogP contribution in [0.1, 0.15) is 74.8 Å². The first kappa shape index (κ1) is 22.0. The van der Waals surface area contributed by atoms with E-state index in [4.69, 9.17) is 4.74 Å². The van der Waals surface area contributed by atoms with Crippen molar-refractivity contribution in [2.24, 2.45) is 0 Å². The molecule has 0 N–H and O–H groups in total. The minimum atomic E-state index is -0.135. The Morgan fingerprint density at radius 3 is 2.36 bits per heavy atom. The Balaban J connectivity index is 1.19. The summed E-state index contributed by atoms with van der Waals surface area (Å²) in [6.07, 6.45) is 14.8. The number of amides is 1. The summed E-state index contributed by atoms with van der Waals surface area (Å²) in [5.41, 5.74) is 6.62. The van der Waals surface area contributed by atoms with E-state index in [0.29, 0.717) is 12.6 Å². The van der Waals surface area contributed by atoms with E-state index >= 15 is 0 Å². The molecule has 2 atom stereocenters. The maximum absolute atomic E-state index is 13.2. The van der Waals surface area contributed by atoms with E-state index < -0.39 is 0 Å². The number of ether oxygens (including phenoxy) is 1. The van der Waals surface area contributed by atoms with Crippen molar-refractivity contribution < 1.29 is 9.53 Å². The van der Waals surface area contributed by atoms with Crippen LogP contribution in [-0.2, 0) is 4.74 Å². The number of unbranched alkanes of at least 4 members (excludes halogenated alkanes) is 4. The number of benzene rings is 2. The molecule has 5 rings (SSSR count). The summed E-state index contributed by atoms with van der Waals surface area (Å²) in [7, 11) is 0. The lowest BCUT2D eigenvalue weighted by atomic mass is 9.96. The minimum Gasteiger partial charge on any atom is -0.448 e. The van der Waals surface area contributed by atoms with Gasteiger partial charge in [-0.05, 0) is 67.2 Å². The molecule has 0 radical (unpaired) electrons. The molecule has 1 amide bonds. The lowest BCUT2D eigenvalue weighted by molar-refractivity contribution is 0.0848. The average molecular weight is 442 g/mol. The molecule has 1 saturated heterocycles. The number of rotatable bonds is 9. The maximum Gasteiger partial charge on any atom is 0.410 e. The SMILES string of the molecule is C=CCCCCCCC1=CC2CCC(C1)N2C(=O)OCC1c2ccccc2-c2ccccc21. The molecule has 0 aromatic heterocycles. The van der Waals surface area contributed by atoms with Crippen molar-refractivity contribution in [3.8, 4) is 11.1 Å². The quantitative estimate of drug-likeness (QED) is 0.296. The van der Waals surface area contributed by atoms with Gasteiger partial charge in [-0.1, -0.05) is 79.1 Å². The van der Waals surface area contributed by atoms with E-state index in [2.05, 4.69) is 61.2 Å². The van der Waals surface area contributed by atoms with E-state index in [1.807, 2.05) is 11.0 Å². The molecule has 33 heavy (non-hydrogen) atoms. The first-order chi connectivity index (χ1) is 16.3. The van der Waals surface area contributed by atoms with E-state index in [0.717, 1.165) is 25.7 Å². The smallest absolute Gasteiger partial charge is 0.410 e. The number of carbonyl (C=O) groups is 1. The minimum absolute atomic E-state index is 0.121. The second-order valence-corrected chi connectivity index (χ2v) is 9.78. The Morgan fingerprint density at radius 1 is 0.970 bits per heavy atom. The van der Waals surface area contributed by atoms with Crippen molar-refractivity contribution >= 4 is 6.09 Å². The summed E-state index contributed by atoms with van der Waals surface area (Å²) < 4.78 is 5.98. The predicted molar refractivity (Wildman–Crippen MR) is 134 cm³/mol. The zero-order chi connectivity index (χ0) is 22.6. The molecule has 2 unspecified atom stereocenters. The number of fused-ring (bicyclic) bond motifs is 5. The number of carbonyl (C=O) groups excluding carboxylic acids is 1. The van der Waals surface area contributed by atoms with Crippen molar-refractivity contribution in [3.05, 3.63) is 84.0 Å². The van der Waals surface area contributed by atoms with E-state index in [1.54, 1.807) is 5.57 Å². The van der Waals surface area contributed by atoms with Gasteiger partial charge in [0.1, 0.15) is 6.61 Å². The summed E-state index contributed by atoms with van der Waals surface area (Å²) in [6.45, 7) is 4.21. The van der Waals surface area contributed by atoms with Gasteiger partial charge in [-0.3, -0.25) is 4.90 Å². The second kappa shape index (κ2) is 9.99. The molecule has 3 nitrogen and oxygen atoms in total. The lowest BCUT2D eigenvalue weighted by Crippen LogP contribution is -2.43. The number of hydrogen-bond donors (Lipinski definition) is 0. The van der Waals surface area contributed by atoms with Crippen molar-refractivity contribution in [3.63, 3.8) is 0 Å². The molecule has 0 spiro atoms. The third-order valence-electron chi connectivity index (χ3n) is 7.68. The first-order valence-electron chi connectivity index (χ1n) is 12.7. The third-order valence-corrected chi connectivity index (χ3v) is 7.68. The van der Waals surface area contributed by atoms with Crippen LogP contribution in [0, 0.1) is 0 Å².